The Morgan fingerprint density at radius 1 is 1.17 bits per heavy atom. The van der Waals surface area contributed by atoms with Crippen LogP contribution in [0.3, 0.4) is 0 Å². The molecule has 0 amide bonds. The maximum absolute atomic E-state index is 11.9. The Morgan fingerprint density at radius 2 is 1.87 bits per heavy atom. The molecule has 3 aromatic rings. The maximum Gasteiger partial charge on any atom is 0.329 e. The van der Waals surface area contributed by atoms with Crippen molar-refractivity contribution in [3.8, 4) is 0 Å². The average Bonchev–Trinajstić information content (AvgIpc) is 2.85. The number of fused-ring (bicyclic) bond motifs is 1. The van der Waals surface area contributed by atoms with Crippen LogP contribution in [0, 0.1) is 6.92 Å². The summed E-state index contributed by atoms with van der Waals surface area (Å²) in [6.07, 6.45) is 1.65. The van der Waals surface area contributed by atoms with Gasteiger partial charge in [-0.15, -0.1) is 0 Å². The number of aromatic amines is 1. The van der Waals surface area contributed by atoms with Crippen LogP contribution in [-0.4, -0.2) is 25.3 Å². The molecule has 0 radical (unpaired) electrons. The van der Waals surface area contributed by atoms with E-state index in [1.54, 1.807) is 24.9 Å². The average molecular weight is 312 g/mol. The number of H-pyrrole nitrogens is 1. The molecule has 0 atom stereocenters. The lowest BCUT2D eigenvalue weighted by Gasteiger charge is -2.00. The van der Waals surface area contributed by atoms with E-state index in [9.17, 15) is 9.59 Å². The van der Waals surface area contributed by atoms with E-state index in [1.807, 2.05) is 31.2 Å². The molecule has 1 aromatic carbocycles. The number of aromatic nitrogens is 4. The summed E-state index contributed by atoms with van der Waals surface area (Å²) < 4.78 is 2.84. The maximum atomic E-state index is 11.9. The number of nitrogens with zero attached hydrogens (tertiary/aromatic N) is 4. The summed E-state index contributed by atoms with van der Waals surface area (Å²) in [5.41, 5.74) is 4.53. The zero-order valence-corrected chi connectivity index (χ0v) is 13.0. The molecule has 2 heterocycles. The predicted molar refractivity (Wildman–Crippen MR) is 89.0 cm³/mol. The van der Waals surface area contributed by atoms with Crippen LogP contribution in [0.1, 0.15) is 11.1 Å². The molecule has 0 spiro atoms. The fraction of sp³-hybridized carbons (Fsp3) is 0.200. The molecule has 0 saturated heterocycles. The summed E-state index contributed by atoms with van der Waals surface area (Å²) in [4.78, 5) is 30.0. The minimum atomic E-state index is -0.504. The van der Waals surface area contributed by atoms with Crippen molar-refractivity contribution < 1.29 is 0 Å². The summed E-state index contributed by atoms with van der Waals surface area (Å²) in [7, 11) is 3.23. The van der Waals surface area contributed by atoms with Gasteiger partial charge in [0.25, 0.3) is 5.56 Å². The number of rotatable bonds is 3. The van der Waals surface area contributed by atoms with Crippen LogP contribution < -0.4 is 16.7 Å². The number of nitrogens with one attached hydrogen (secondary N) is 2. The first-order valence-electron chi connectivity index (χ1n) is 6.99. The van der Waals surface area contributed by atoms with E-state index in [4.69, 9.17) is 0 Å². The number of imidazole rings is 1. The normalized spacial score (nSPS) is 11.4. The standard InChI is InChI=1S/C15H16N6O2/c1-9-4-6-10(7-5-9)8-16-19-14-17-12-11(20(14)2)13(22)18-15(23)21(12)3/h4-8H,1-3H3,(H,17,19)(H,18,22,23)/b16-8+. The van der Waals surface area contributed by atoms with Crippen molar-refractivity contribution in [1.29, 1.82) is 0 Å². The molecule has 23 heavy (non-hydrogen) atoms. The molecule has 0 bridgehead atoms. The summed E-state index contributed by atoms with van der Waals surface area (Å²) >= 11 is 0. The van der Waals surface area contributed by atoms with Gasteiger partial charge in [0.05, 0.1) is 6.21 Å². The van der Waals surface area contributed by atoms with Gasteiger partial charge in [0.1, 0.15) is 0 Å². The molecule has 2 N–H and O–H groups in total. The van der Waals surface area contributed by atoms with Gasteiger partial charge in [0.15, 0.2) is 11.2 Å². The Morgan fingerprint density at radius 3 is 2.57 bits per heavy atom. The molecule has 8 nitrogen and oxygen atoms in total. The summed E-state index contributed by atoms with van der Waals surface area (Å²) in [5.74, 6) is 0.370. The van der Waals surface area contributed by atoms with Crippen molar-refractivity contribution in [2.24, 2.45) is 19.2 Å². The zero-order chi connectivity index (χ0) is 16.6. The molecular formula is C15H16N6O2. The number of hydrogen-bond acceptors (Lipinski definition) is 5. The SMILES string of the molecule is Cc1ccc(/C=N/Nc2nc3c(c(=O)[nH]c(=O)n3C)n2C)cc1. The van der Waals surface area contributed by atoms with Crippen LogP contribution in [0.15, 0.2) is 39.0 Å². The largest absolute Gasteiger partial charge is 0.329 e. The first-order valence-corrected chi connectivity index (χ1v) is 6.99. The third-order valence-corrected chi connectivity index (χ3v) is 3.59. The van der Waals surface area contributed by atoms with Crippen LogP contribution in [-0.2, 0) is 14.1 Å². The highest BCUT2D eigenvalue weighted by Gasteiger charge is 2.14. The molecule has 3 rings (SSSR count). The van der Waals surface area contributed by atoms with Gasteiger partial charge in [-0.3, -0.25) is 14.3 Å². The van der Waals surface area contributed by atoms with E-state index in [0.29, 0.717) is 17.1 Å². The molecule has 0 aliphatic rings. The first kappa shape index (κ1) is 14.8. The highest BCUT2D eigenvalue weighted by molar-refractivity contribution is 5.80. The van der Waals surface area contributed by atoms with Crippen LogP contribution >= 0.6 is 0 Å². The summed E-state index contributed by atoms with van der Waals surface area (Å²) in [5, 5.41) is 4.12. The van der Waals surface area contributed by atoms with Crippen LogP contribution in [0.4, 0.5) is 5.95 Å². The second kappa shape index (κ2) is 5.56. The van der Waals surface area contributed by atoms with E-state index in [-0.39, 0.29) is 0 Å². The number of benzene rings is 1. The number of hydrogen-bond donors (Lipinski definition) is 2. The lowest BCUT2D eigenvalue weighted by Crippen LogP contribution is -2.29. The Balaban J connectivity index is 1.95. The number of aryl methyl sites for hydroxylation is 3. The van der Waals surface area contributed by atoms with Crippen molar-refractivity contribution in [3.63, 3.8) is 0 Å². The predicted octanol–water partition coefficient (Wildman–Crippen LogP) is 0.715. The van der Waals surface area contributed by atoms with Crippen LogP contribution in [0.25, 0.3) is 11.2 Å². The van der Waals surface area contributed by atoms with E-state index in [0.717, 1.165) is 5.56 Å². The van der Waals surface area contributed by atoms with E-state index >= 15 is 0 Å². The molecule has 2 aromatic heterocycles. The van der Waals surface area contributed by atoms with Crippen molar-refractivity contribution in [2.75, 3.05) is 5.43 Å². The number of hydrazone groups is 1. The monoisotopic (exact) mass is 312 g/mol. The topological polar surface area (TPSA) is 97.1 Å². The van der Waals surface area contributed by atoms with Gasteiger partial charge in [0, 0.05) is 14.1 Å². The van der Waals surface area contributed by atoms with E-state index < -0.39 is 11.2 Å². The van der Waals surface area contributed by atoms with Gasteiger partial charge in [0.2, 0.25) is 5.95 Å². The smallest absolute Gasteiger partial charge is 0.306 e. The van der Waals surface area contributed by atoms with E-state index in [1.165, 1.54) is 10.1 Å². The Kier molecular flexibility index (Phi) is 3.57. The second-order valence-electron chi connectivity index (χ2n) is 5.27. The van der Waals surface area contributed by atoms with Crippen molar-refractivity contribution >= 4 is 23.3 Å². The molecule has 118 valence electrons. The lowest BCUT2D eigenvalue weighted by atomic mass is 10.2. The Hall–Kier alpha value is -3.16. The quantitative estimate of drug-likeness (QED) is 0.550. The van der Waals surface area contributed by atoms with Crippen molar-refractivity contribution in [2.45, 2.75) is 6.92 Å². The van der Waals surface area contributed by atoms with Crippen LogP contribution in [0.2, 0.25) is 0 Å². The molecule has 0 aliphatic heterocycles. The second-order valence-corrected chi connectivity index (χ2v) is 5.27. The Bertz CT molecular complexity index is 1010. The van der Waals surface area contributed by atoms with Crippen molar-refractivity contribution in [1.82, 2.24) is 19.1 Å². The van der Waals surface area contributed by atoms with Gasteiger partial charge in [-0.1, -0.05) is 29.8 Å². The van der Waals surface area contributed by atoms with Gasteiger partial charge in [-0.25, -0.2) is 10.2 Å². The minimum Gasteiger partial charge on any atom is -0.306 e. The minimum absolute atomic E-state index is 0.300. The van der Waals surface area contributed by atoms with Gasteiger partial charge >= 0.3 is 5.69 Å². The third-order valence-electron chi connectivity index (χ3n) is 3.59. The van der Waals surface area contributed by atoms with Gasteiger partial charge in [-0.05, 0) is 12.5 Å². The third kappa shape index (κ3) is 2.66. The molecule has 0 aliphatic carbocycles. The first-order chi connectivity index (χ1) is 11.0. The van der Waals surface area contributed by atoms with Crippen LogP contribution in [0.5, 0.6) is 0 Å². The molecule has 0 fully saturated rings. The molecule has 8 heteroatoms. The fourth-order valence-corrected chi connectivity index (χ4v) is 2.23. The van der Waals surface area contributed by atoms with E-state index in [2.05, 4.69) is 20.5 Å². The summed E-state index contributed by atoms with van der Waals surface area (Å²) in [6, 6.07) is 7.88. The van der Waals surface area contributed by atoms with Gasteiger partial charge in [-0.2, -0.15) is 10.1 Å². The lowest BCUT2D eigenvalue weighted by molar-refractivity contribution is 0.829. The molecule has 0 saturated carbocycles. The zero-order valence-electron chi connectivity index (χ0n) is 13.0. The highest BCUT2D eigenvalue weighted by atomic mass is 16.2. The summed E-state index contributed by atoms with van der Waals surface area (Å²) in [6.45, 7) is 2.01. The highest BCUT2D eigenvalue weighted by Crippen LogP contribution is 2.12. The molecular weight excluding hydrogens is 296 g/mol. The Labute approximate surface area is 131 Å². The molecule has 0 unspecified atom stereocenters. The number of anilines is 1. The van der Waals surface area contributed by atoms with Crippen molar-refractivity contribution in [3.05, 3.63) is 56.2 Å². The fourth-order valence-electron chi connectivity index (χ4n) is 2.23. The van der Waals surface area contributed by atoms with Gasteiger partial charge < -0.3 is 4.57 Å².